The molecule has 2 fully saturated rings. The quantitative estimate of drug-likeness (QED) is 0.774. The fourth-order valence-electron chi connectivity index (χ4n) is 2.84. The summed E-state index contributed by atoms with van der Waals surface area (Å²) in [6, 6.07) is 0.568. The Labute approximate surface area is 105 Å². The molecular weight excluding hydrogens is 214 g/mol. The van der Waals surface area contributed by atoms with E-state index in [1.54, 1.807) is 0 Å². The first-order valence-electron chi connectivity index (χ1n) is 7.30. The zero-order valence-corrected chi connectivity index (χ0v) is 11.3. The van der Waals surface area contributed by atoms with Gasteiger partial charge in [-0.1, -0.05) is 20.3 Å². The molecule has 3 nitrogen and oxygen atoms in total. The average molecular weight is 241 g/mol. The van der Waals surface area contributed by atoms with E-state index in [4.69, 9.17) is 9.47 Å². The molecule has 0 aromatic heterocycles. The van der Waals surface area contributed by atoms with Crippen molar-refractivity contribution >= 4 is 0 Å². The van der Waals surface area contributed by atoms with Crippen LogP contribution in [0.5, 0.6) is 0 Å². The zero-order chi connectivity index (χ0) is 12.1. The van der Waals surface area contributed by atoms with Gasteiger partial charge in [0.05, 0.1) is 19.3 Å². The lowest BCUT2D eigenvalue weighted by Gasteiger charge is -2.40. The SMILES string of the molecule is CCCNC1CCC(CC)CC1OC1COC1. The molecule has 0 bridgehead atoms. The number of hydrogen-bond acceptors (Lipinski definition) is 3. The van der Waals surface area contributed by atoms with Crippen LogP contribution in [0.15, 0.2) is 0 Å². The molecule has 0 aromatic carbocycles. The van der Waals surface area contributed by atoms with Gasteiger partial charge >= 0.3 is 0 Å². The maximum atomic E-state index is 6.18. The first-order chi connectivity index (χ1) is 8.33. The molecule has 100 valence electrons. The van der Waals surface area contributed by atoms with Crippen LogP contribution in [-0.4, -0.2) is 38.0 Å². The van der Waals surface area contributed by atoms with Crippen LogP contribution >= 0.6 is 0 Å². The standard InChI is InChI=1S/C14H27NO2/c1-3-7-15-13-6-5-11(4-2)8-14(13)17-12-9-16-10-12/h11-15H,3-10H2,1-2H3. The van der Waals surface area contributed by atoms with E-state index >= 15 is 0 Å². The Morgan fingerprint density at radius 3 is 2.65 bits per heavy atom. The van der Waals surface area contributed by atoms with Crippen LogP contribution in [0.4, 0.5) is 0 Å². The normalized spacial score (nSPS) is 34.6. The van der Waals surface area contributed by atoms with Gasteiger partial charge in [-0.3, -0.25) is 0 Å². The van der Waals surface area contributed by atoms with Gasteiger partial charge in [-0.2, -0.15) is 0 Å². The van der Waals surface area contributed by atoms with E-state index < -0.39 is 0 Å². The van der Waals surface area contributed by atoms with E-state index in [2.05, 4.69) is 19.2 Å². The summed E-state index contributed by atoms with van der Waals surface area (Å²) >= 11 is 0. The van der Waals surface area contributed by atoms with Gasteiger partial charge in [0.2, 0.25) is 0 Å². The van der Waals surface area contributed by atoms with Gasteiger partial charge in [-0.25, -0.2) is 0 Å². The second-order valence-corrected chi connectivity index (χ2v) is 5.48. The van der Waals surface area contributed by atoms with Gasteiger partial charge < -0.3 is 14.8 Å². The average Bonchev–Trinajstić information content (AvgIpc) is 2.31. The summed E-state index contributed by atoms with van der Waals surface area (Å²) in [5.74, 6) is 0.862. The van der Waals surface area contributed by atoms with E-state index in [-0.39, 0.29) is 0 Å². The van der Waals surface area contributed by atoms with Gasteiger partial charge in [-0.15, -0.1) is 0 Å². The van der Waals surface area contributed by atoms with E-state index in [9.17, 15) is 0 Å². The molecule has 1 heterocycles. The molecule has 0 aromatic rings. The van der Waals surface area contributed by atoms with Crippen LogP contribution in [-0.2, 0) is 9.47 Å². The van der Waals surface area contributed by atoms with Crippen molar-refractivity contribution in [2.45, 2.75) is 64.2 Å². The lowest BCUT2D eigenvalue weighted by atomic mass is 9.82. The van der Waals surface area contributed by atoms with Crippen molar-refractivity contribution in [1.82, 2.24) is 5.32 Å². The van der Waals surface area contributed by atoms with Crippen molar-refractivity contribution < 1.29 is 9.47 Å². The molecular formula is C14H27NO2. The first kappa shape index (κ1) is 13.3. The molecule has 1 saturated carbocycles. The molecule has 1 aliphatic heterocycles. The maximum absolute atomic E-state index is 6.18. The first-order valence-corrected chi connectivity index (χ1v) is 7.30. The summed E-state index contributed by atoms with van der Waals surface area (Å²) < 4.78 is 11.4. The number of ether oxygens (including phenoxy) is 2. The monoisotopic (exact) mass is 241 g/mol. The second-order valence-electron chi connectivity index (χ2n) is 5.48. The molecule has 0 spiro atoms. The number of hydrogen-bond donors (Lipinski definition) is 1. The Morgan fingerprint density at radius 2 is 2.06 bits per heavy atom. The van der Waals surface area contributed by atoms with Gasteiger partial charge in [0.25, 0.3) is 0 Å². The third kappa shape index (κ3) is 3.67. The summed E-state index contributed by atoms with van der Waals surface area (Å²) in [4.78, 5) is 0. The molecule has 17 heavy (non-hydrogen) atoms. The highest BCUT2D eigenvalue weighted by Gasteiger charge is 2.33. The van der Waals surface area contributed by atoms with Crippen molar-refractivity contribution in [2.75, 3.05) is 19.8 Å². The third-order valence-electron chi connectivity index (χ3n) is 4.11. The maximum Gasteiger partial charge on any atom is 0.105 e. The Kier molecular flexibility index (Phi) is 5.26. The van der Waals surface area contributed by atoms with Crippen LogP contribution in [0.1, 0.15) is 46.0 Å². The molecule has 3 atom stereocenters. The molecule has 0 radical (unpaired) electrons. The predicted octanol–water partition coefficient (Wildman–Crippen LogP) is 2.35. The summed E-state index contributed by atoms with van der Waals surface area (Å²) in [6.45, 7) is 7.23. The van der Waals surface area contributed by atoms with Gasteiger partial charge in [-0.05, 0) is 38.1 Å². The lowest BCUT2D eigenvalue weighted by molar-refractivity contribution is -0.169. The summed E-state index contributed by atoms with van der Waals surface area (Å²) in [7, 11) is 0. The number of rotatable bonds is 6. The fourth-order valence-corrected chi connectivity index (χ4v) is 2.84. The minimum absolute atomic E-state index is 0.363. The van der Waals surface area contributed by atoms with Crippen molar-refractivity contribution in [1.29, 1.82) is 0 Å². The van der Waals surface area contributed by atoms with Crippen LogP contribution in [0.3, 0.4) is 0 Å². The topological polar surface area (TPSA) is 30.5 Å². The molecule has 1 saturated heterocycles. The highest BCUT2D eigenvalue weighted by molar-refractivity contribution is 4.87. The van der Waals surface area contributed by atoms with E-state index in [1.165, 1.54) is 32.1 Å². The number of nitrogens with one attached hydrogen (secondary N) is 1. The van der Waals surface area contributed by atoms with Crippen molar-refractivity contribution in [3.05, 3.63) is 0 Å². The minimum Gasteiger partial charge on any atom is -0.376 e. The molecule has 3 heteroatoms. The Hall–Kier alpha value is -0.120. The molecule has 0 amide bonds. The molecule has 1 aliphatic carbocycles. The minimum atomic E-state index is 0.363. The van der Waals surface area contributed by atoms with Crippen LogP contribution < -0.4 is 5.32 Å². The van der Waals surface area contributed by atoms with E-state index in [1.807, 2.05) is 0 Å². The molecule has 3 unspecified atom stereocenters. The smallest absolute Gasteiger partial charge is 0.105 e. The van der Waals surface area contributed by atoms with Crippen molar-refractivity contribution in [2.24, 2.45) is 5.92 Å². The zero-order valence-electron chi connectivity index (χ0n) is 11.3. The summed E-state index contributed by atoms with van der Waals surface area (Å²) in [5.41, 5.74) is 0. The van der Waals surface area contributed by atoms with Crippen LogP contribution in [0.2, 0.25) is 0 Å². The van der Waals surface area contributed by atoms with Gasteiger partial charge in [0, 0.05) is 6.04 Å². The molecule has 2 rings (SSSR count). The van der Waals surface area contributed by atoms with Crippen LogP contribution in [0, 0.1) is 5.92 Å². The van der Waals surface area contributed by atoms with Crippen molar-refractivity contribution in [3.63, 3.8) is 0 Å². The predicted molar refractivity (Wildman–Crippen MR) is 69.2 cm³/mol. The molecule has 2 aliphatic rings. The van der Waals surface area contributed by atoms with E-state index in [0.717, 1.165) is 25.7 Å². The van der Waals surface area contributed by atoms with E-state index in [0.29, 0.717) is 18.2 Å². The fraction of sp³-hybridized carbons (Fsp3) is 1.00. The Balaban J connectivity index is 1.83. The van der Waals surface area contributed by atoms with Crippen LogP contribution in [0.25, 0.3) is 0 Å². The second kappa shape index (κ2) is 6.72. The largest absolute Gasteiger partial charge is 0.376 e. The Morgan fingerprint density at radius 1 is 1.24 bits per heavy atom. The van der Waals surface area contributed by atoms with Gasteiger partial charge in [0.15, 0.2) is 0 Å². The lowest BCUT2D eigenvalue weighted by Crippen LogP contribution is -2.50. The van der Waals surface area contributed by atoms with Crippen molar-refractivity contribution in [3.8, 4) is 0 Å². The summed E-state index contributed by atoms with van der Waals surface area (Å²) in [5, 5.41) is 3.65. The summed E-state index contributed by atoms with van der Waals surface area (Å²) in [6.07, 6.45) is 7.13. The third-order valence-corrected chi connectivity index (χ3v) is 4.11. The highest BCUT2D eigenvalue weighted by atomic mass is 16.6. The Bertz CT molecular complexity index is 216. The molecule has 1 N–H and O–H groups in total. The van der Waals surface area contributed by atoms with Gasteiger partial charge in [0.1, 0.15) is 6.10 Å². The highest BCUT2D eigenvalue weighted by Crippen LogP contribution is 2.30.